The summed E-state index contributed by atoms with van der Waals surface area (Å²) in [6.45, 7) is 0.544. The molecule has 3 N–H and O–H groups in total. The Morgan fingerprint density at radius 3 is 2.74 bits per heavy atom. The van der Waals surface area contributed by atoms with Gasteiger partial charge in [0.05, 0.1) is 22.5 Å². The number of nitrogens with zero attached hydrogens (tertiary/aromatic N) is 3. The van der Waals surface area contributed by atoms with E-state index in [9.17, 15) is 10.1 Å². The fourth-order valence-corrected chi connectivity index (χ4v) is 3.41. The maximum Gasteiger partial charge on any atom is 0.211 e. The zero-order chi connectivity index (χ0) is 21.6. The summed E-state index contributed by atoms with van der Waals surface area (Å²) in [4.78, 5) is 19.7. The highest BCUT2D eigenvalue weighted by Crippen LogP contribution is 2.35. The first-order valence-electron chi connectivity index (χ1n) is 9.40. The monoisotopic (exact) mass is 428 g/mol. The summed E-state index contributed by atoms with van der Waals surface area (Å²) in [6, 6.07) is 16.9. The molecule has 0 radical (unpaired) electrons. The van der Waals surface area contributed by atoms with Crippen molar-refractivity contribution >= 4 is 51.7 Å². The number of aromatic nitrogens is 2. The number of pyridine rings is 2. The van der Waals surface area contributed by atoms with Crippen molar-refractivity contribution in [2.45, 2.75) is 6.54 Å². The number of nitriles is 1. The third-order valence-electron chi connectivity index (χ3n) is 4.62. The van der Waals surface area contributed by atoms with Gasteiger partial charge < -0.3 is 16.0 Å². The van der Waals surface area contributed by atoms with Crippen LogP contribution in [-0.2, 0) is 11.3 Å². The highest BCUT2D eigenvalue weighted by Gasteiger charge is 2.14. The number of amides is 1. The Labute approximate surface area is 183 Å². The normalized spacial score (nSPS) is 10.3. The molecule has 0 fully saturated rings. The number of anilines is 4. The van der Waals surface area contributed by atoms with E-state index in [0.717, 1.165) is 16.9 Å². The van der Waals surface area contributed by atoms with Gasteiger partial charge in [0.25, 0.3) is 0 Å². The Kier molecular flexibility index (Phi) is 5.92. The van der Waals surface area contributed by atoms with Gasteiger partial charge in [0.15, 0.2) is 0 Å². The third-order valence-corrected chi connectivity index (χ3v) is 4.85. The molecule has 0 bridgehead atoms. The SMILES string of the molecule is N#Cc1cnc2c(NC=O)cc(NCc3cccnc3)cc2c1Nc1cccc(Cl)c1. The van der Waals surface area contributed by atoms with Crippen molar-refractivity contribution in [2.75, 3.05) is 16.0 Å². The lowest BCUT2D eigenvalue weighted by Crippen LogP contribution is -2.04. The van der Waals surface area contributed by atoms with Gasteiger partial charge in [-0.2, -0.15) is 5.26 Å². The number of carbonyl (C=O) groups is 1. The molecule has 0 aliphatic heterocycles. The molecule has 0 aliphatic carbocycles. The van der Waals surface area contributed by atoms with E-state index in [0.29, 0.717) is 45.8 Å². The van der Waals surface area contributed by atoms with Crippen LogP contribution in [0.1, 0.15) is 11.1 Å². The van der Waals surface area contributed by atoms with Crippen molar-refractivity contribution in [3.63, 3.8) is 0 Å². The van der Waals surface area contributed by atoms with Crippen LogP contribution in [0.5, 0.6) is 0 Å². The highest BCUT2D eigenvalue weighted by atomic mass is 35.5. The average molecular weight is 429 g/mol. The van der Waals surface area contributed by atoms with Gasteiger partial charge in [-0.3, -0.25) is 14.8 Å². The van der Waals surface area contributed by atoms with Gasteiger partial charge in [-0.05, 0) is 42.0 Å². The molecule has 31 heavy (non-hydrogen) atoms. The standard InChI is InChI=1S/C23H17ClN6O/c24-17-4-1-5-18(7-17)30-22-16(10-25)13-28-23-20(22)8-19(9-21(23)29-14-31)27-12-15-3-2-6-26-11-15/h1-9,11,13-14,27H,12H2,(H,28,30)(H,29,31). The third kappa shape index (κ3) is 4.55. The summed E-state index contributed by atoms with van der Waals surface area (Å²) in [7, 11) is 0. The van der Waals surface area contributed by atoms with Gasteiger partial charge in [-0.1, -0.05) is 23.7 Å². The largest absolute Gasteiger partial charge is 0.381 e. The van der Waals surface area contributed by atoms with E-state index in [4.69, 9.17) is 11.6 Å². The van der Waals surface area contributed by atoms with Crippen LogP contribution in [0.3, 0.4) is 0 Å². The first-order valence-corrected chi connectivity index (χ1v) is 9.78. The van der Waals surface area contributed by atoms with Crippen LogP contribution in [-0.4, -0.2) is 16.4 Å². The molecule has 2 heterocycles. The van der Waals surface area contributed by atoms with Crippen LogP contribution in [0.4, 0.5) is 22.7 Å². The topological polar surface area (TPSA) is 103 Å². The van der Waals surface area contributed by atoms with Gasteiger partial charge in [0.2, 0.25) is 6.41 Å². The van der Waals surface area contributed by atoms with Gasteiger partial charge in [-0.25, -0.2) is 0 Å². The lowest BCUT2D eigenvalue weighted by molar-refractivity contribution is -0.105. The molecule has 0 saturated heterocycles. The van der Waals surface area contributed by atoms with E-state index in [1.54, 1.807) is 30.6 Å². The molecule has 0 atom stereocenters. The molecule has 0 aliphatic rings. The number of nitrogens with one attached hydrogen (secondary N) is 3. The zero-order valence-corrected chi connectivity index (χ0v) is 17.0. The minimum absolute atomic E-state index is 0.369. The number of carbonyl (C=O) groups excluding carboxylic acids is 1. The fraction of sp³-hybridized carbons (Fsp3) is 0.0435. The quantitative estimate of drug-likeness (QED) is 0.355. The molecule has 2 aromatic carbocycles. The van der Waals surface area contributed by atoms with E-state index in [1.165, 1.54) is 6.20 Å². The lowest BCUT2D eigenvalue weighted by Gasteiger charge is -2.16. The highest BCUT2D eigenvalue weighted by molar-refractivity contribution is 6.30. The Bertz CT molecular complexity index is 1290. The number of benzene rings is 2. The molecular formula is C23H17ClN6O. The number of halogens is 1. The van der Waals surface area contributed by atoms with Gasteiger partial charge in [0, 0.05) is 46.9 Å². The van der Waals surface area contributed by atoms with E-state index in [-0.39, 0.29) is 0 Å². The molecule has 7 nitrogen and oxygen atoms in total. The van der Waals surface area contributed by atoms with Gasteiger partial charge >= 0.3 is 0 Å². The number of rotatable bonds is 7. The minimum atomic E-state index is 0.369. The molecule has 4 rings (SSSR count). The van der Waals surface area contributed by atoms with Crippen molar-refractivity contribution in [1.82, 2.24) is 9.97 Å². The zero-order valence-electron chi connectivity index (χ0n) is 16.3. The number of hydrogen-bond acceptors (Lipinski definition) is 6. The Morgan fingerprint density at radius 1 is 1.10 bits per heavy atom. The van der Waals surface area contributed by atoms with Crippen LogP contribution in [0.25, 0.3) is 10.9 Å². The summed E-state index contributed by atoms with van der Waals surface area (Å²) in [5.74, 6) is 0. The smallest absolute Gasteiger partial charge is 0.211 e. The molecular weight excluding hydrogens is 412 g/mol. The molecule has 0 saturated carbocycles. The second-order valence-electron chi connectivity index (χ2n) is 6.69. The van der Waals surface area contributed by atoms with Crippen LogP contribution in [0.2, 0.25) is 5.02 Å². The van der Waals surface area contributed by atoms with E-state index in [2.05, 4.69) is 32.0 Å². The van der Waals surface area contributed by atoms with Crippen LogP contribution < -0.4 is 16.0 Å². The predicted octanol–water partition coefficient (Wildman–Crippen LogP) is 5.08. The van der Waals surface area contributed by atoms with E-state index >= 15 is 0 Å². The Balaban J connectivity index is 1.81. The Morgan fingerprint density at radius 2 is 2.00 bits per heavy atom. The van der Waals surface area contributed by atoms with Crippen LogP contribution >= 0.6 is 11.6 Å². The molecule has 8 heteroatoms. The van der Waals surface area contributed by atoms with E-state index in [1.807, 2.05) is 30.3 Å². The van der Waals surface area contributed by atoms with Gasteiger partial charge in [-0.15, -0.1) is 0 Å². The van der Waals surface area contributed by atoms with Crippen molar-refractivity contribution < 1.29 is 4.79 Å². The van der Waals surface area contributed by atoms with Crippen LogP contribution in [0, 0.1) is 11.3 Å². The number of hydrogen-bond donors (Lipinski definition) is 3. The van der Waals surface area contributed by atoms with E-state index < -0.39 is 0 Å². The van der Waals surface area contributed by atoms with Gasteiger partial charge in [0.1, 0.15) is 6.07 Å². The average Bonchev–Trinajstić information content (AvgIpc) is 2.79. The maximum absolute atomic E-state index is 11.2. The molecule has 0 unspecified atom stereocenters. The summed E-state index contributed by atoms with van der Waals surface area (Å²) in [6.07, 6.45) is 5.58. The lowest BCUT2D eigenvalue weighted by atomic mass is 10.1. The summed E-state index contributed by atoms with van der Waals surface area (Å²) in [5.41, 5.74) is 4.53. The second kappa shape index (κ2) is 9.11. The molecule has 2 aromatic heterocycles. The molecule has 1 amide bonds. The fourth-order valence-electron chi connectivity index (χ4n) is 3.22. The molecule has 152 valence electrons. The van der Waals surface area contributed by atoms with Crippen molar-refractivity contribution in [3.05, 3.63) is 83.3 Å². The van der Waals surface area contributed by atoms with Crippen molar-refractivity contribution in [2.24, 2.45) is 0 Å². The van der Waals surface area contributed by atoms with Crippen molar-refractivity contribution in [1.29, 1.82) is 5.26 Å². The summed E-state index contributed by atoms with van der Waals surface area (Å²) in [5, 5.41) is 20.2. The predicted molar refractivity (Wildman–Crippen MR) is 122 cm³/mol. The molecule has 0 spiro atoms. The number of fused-ring (bicyclic) bond motifs is 1. The maximum atomic E-state index is 11.2. The first kappa shape index (κ1) is 20.1. The van der Waals surface area contributed by atoms with Crippen molar-refractivity contribution in [3.8, 4) is 6.07 Å². The minimum Gasteiger partial charge on any atom is -0.381 e. The second-order valence-corrected chi connectivity index (χ2v) is 7.13. The Hall–Kier alpha value is -4.15. The van der Waals surface area contributed by atoms with Crippen LogP contribution in [0.15, 0.2) is 67.1 Å². The summed E-state index contributed by atoms with van der Waals surface area (Å²) < 4.78 is 0. The molecule has 4 aromatic rings. The summed E-state index contributed by atoms with van der Waals surface area (Å²) >= 11 is 6.11. The first-order chi connectivity index (χ1) is 15.2.